The highest BCUT2D eigenvalue weighted by Gasteiger charge is 2.10. The lowest BCUT2D eigenvalue weighted by molar-refractivity contribution is -0.124. The van der Waals surface area contributed by atoms with Crippen LogP contribution in [0.2, 0.25) is 0 Å². The summed E-state index contributed by atoms with van der Waals surface area (Å²) in [5.74, 6) is 0.279. The Morgan fingerprint density at radius 1 is 1.22 bits per heavy atom. The van der Waals surface area contributed by atoms with E-state index in [9.17, 15) is 4.79 Å². The van der Waals surface area contributed by atoms with Crippen LogP contribution in [0.3, 0.4) is 0 Å². The summed E-state index contributed by atoms with van der Waals surface area (Å²) in [5, 5.41) is 8.53. The first-order chi connectivity index (χ1) is 13.2. The minimum absolute atomic E-state index is 0.518. The van der Waals surface area contributed by atoms with E-state index in [4.69, 9.17) is 14.7 Å². The Kier molecular flexibility index (Phi) is 7.04. The summed E-state index contributed by atoms with van der Waals surface area (Å²) in [7, 11) is 0. The third-order valence-corrected chi connectivity index (χ3v) is 4.41. The second-order valence-corrected chi connectivity index (χ2v) is 6.32. The van der Waals surface area contributed by atoms with Gasteiger partial charge in [-0.3, -0.25) is 14.9 Å². The Morgan fingerprint density at radius 3 is 2.74 bits per heavy atom. The SMILES string of the molecule is O=C(/C=C/c1cccn1CCOc1ccc(CN2CCOCC2)cc1)NO. The number of benzene rings is 1. The molecular weight excluding hydrogens is 346 g/mol. The Bertz CT molecular complexity index is 749. The predicted molar refractivity (Wildman–Crippen MR) is 101 cm³/mol. The summed E-state index contributed by atoms with van der Waals surface area (Å²) in [4.78, 5) is 13.5. The first kappa shape index (κ1) is 19.2. The smallest absolute Gasteiger partial charge is 0.267 e. The Labute approximate surface area is 158 Å². The number of carbonyl (C=O) groups is 1. The molecule has 0 aliphatic carbocycles. The molecule has 1 aliphatic rings. The number of ether oxygens (including phenoxy) is 2. The molecule has 3 rings (SSSR count). The molecule has 2 N–H and O–H groups in total. The van der Waals surface area contributed by atoms with Crippen LogP contribution in [-0.2, 0) is 22.6 Å². The van der Waals surface area contributed by atoms with E-state index in [2.05, 4.69) is 17.0 Å². The fraction of sp³-hybridized carbons (Fsp3) is 0.350. The molecule has 1 aliphatic heterocycles. The number of carbonyl (C=O) groups excluding carboxylic acids is 1. The zero-order valence-corrected chi connectivity index (χ0v) is 15.2. The van der Waals surface area contributed by atoms with Gasteiger partial charge in [-0.1, -0.05) is 12.1 Å². The van der Waals surface area contributed by atoms with Gasteiger partial charge in [0.05, 0.1) is 19.8 Å². The van der Waals surface area contributed by atoms with Crippen molar-refractivity contribution in [3.8, 4) is 5.75 Å². The van der Waals surface area contributed by atoms with Crippen LogP contribution in [0.4, 0.5) is 0 Å². The summed E-state index contributed by atoms with van der Waals surface area (Å²) < 4.78 is 13.2. The average molecular weight is 371 g/mol. The van der Waals surface area contributed by atoms with E-state index < -0.39 is 5.91 Å². The molecule has 27 heavy (non-hydrogen) atoms. The number of rotatable bonds is 8. The summed E-state index contributed by atoms with van der Waals surface area (Å²) in [5.41, 5.74) is 3.70. The number of amides is 1. The molecule has 0 bridgehead atoms. The van der Waals surface area contributed by atoms with E-state index in [0.717, 1.165) is 44.3 Å². The predicted octanol–water partition coefficient (Wildman–Crippen LogP) is 1.92. The number of morpholine rings is 1. The van der Waals surface area contributed by atoms with E-state index in [1.807, 2.05) is 35.0 Å². The zero-order valence-electron chi connectivity index (χ0n) is 15.2. The summed E-state index contributed by atoms with van der Waals surface area (Å²) in [6, 6.07) is 12.0. The minimum Gasteiger partial charge on any atom is -0.492 e. The topological polar surface area (TPSA) is 76.0 Å². The van der Waals surface area contributed by atoms with Crippen molar-refractivity contribution in [1.82, 2.24) is 14.9 Å². The maximum Gasteiger partial charge on any atom is 0.267 e. The molecule has 1 saturated heterocycles. The van der Waals surface area contributed by atoms with Crippen molar-refractivity contribution in [3.63, 3.8) is 0 Å². The number of nitrogens with one attached hydrogen (secondary N) is 1. The van der Waals surface area contributed by atoms with Crippen LogP contribution in [0.1, 0.15) is 11.3 Å². The fourth-order valence-corrected chi connectivity index (χ4v) is 2.95. The van der Waals surface area contributed by atoms with Gasteiger partial charge in [-0.25, -0.2) is 5.48 Å². The van der Waals surface area contributed by atoms with Gasteiger partial charge in [0, 0.05) is 37.6 Å². The van der Waals surface area contributed by atoms with Crippen LogP contribution < -0.4 is 10.2 Å². The van der Waals surface area contributed by atoms with Crippen molar-refractivity contribution < 1.29 is 19.5 Å². The van der Waals surface area contributed by atoms with E-state index >= 15 is 0 Å². The molecule has 1 fully saturated rings. The van der Waals surface area contributed by atoms with Gasteiger partial charge in [-0.2, -0.15) is 0 Å². The van der Waals surface area contributed by atoms with Gasteiger partial charge in [0.25, 0.3) is 5.91 Å². The standard InChI is InChI=1S/C20H25N3O4/c24-20(21-25)8-5-18-2-1-9-23(18)12-15-27-19-6-3-17(4-7-19)16-22-10-13-26-14-11-22/h1-9,25H,10-16H2,(H,21,24)/b8-5+. The largest absolute Gasteiger partial charge is 0.492 e. The average Bonchev–Trinajstić information content (AvgIpc) is 3.15. The van der Waals surface area contributed by atoms with Gasteiger partial charge in [0.2, 0.25) is 0 Å². The summed E-state index contributed by atoms with van der Waals surface area (Å²) in [6.07, 6.45) is 4.84. The van der Waals surface area contributed by atoms with E-state index in [1.54, 1.807) is 11.6 Å². The molecule has 0 radical (unpaired) electrons. The molecule has 7 nitrogen and oxygen atoms in total. The Morgan fingerprint density at radius 2 is 2.00 bits per heavy atom. The molecule has 1 amide bonds. The van der Waals surface area contributed by atoms with Crippen LogP contribution in [-0.4, -0.2) is 53.5 Å². The highest BCUT2D eigenvalue weighted by molar-refractivity contribution is 5.90. The van der Waals surface area contributed by atoms with E-state index in [-0.39, 0.29) is 0 Å². The van der Waals surface area contributed by atoms with Crippen molar-refractivity contribution >= 4 is 12.0 Å². The molecule has 1 aromatic heterocycles. The maximum atomic E-state index is 11.1. The first-order valence-electron chi connectivity index (χ1n) is 9.04. The lowest BCUT2D eigenvalue weighted by atomic mass is 10.2. The minimum atomic E-state index is -0.559. The number of aromatic nitrogens is 1. The van der Waals surface area contributed by atoms with Crippen LogP contribution in [0, 0.1) is 0 Å². The van der Waals surface area contributed by atoms with Gasteiger partial charge >= 0.3 is 0 Å². The molecule has 0 unspecified atom stereocenters. The number of hydrogen-bond acceptors (Lipinski definition) is 5. The van der Waals surface area contributed by atoms with Gasteiger partial charge < -0.3 is 14.0 Å². The van der Waals surface area contributed by atoms with Crippen LogP contribution in [0.5, 0.6) is 5.75 Å². The quantitative estimate of drug-likeness (QED) is 0.421. The van der Waals surface area contributed by atoms with Gasteiger partial charge in [0.15, 0.2) is 0 Å². The summed E-state index contributed by atoms with van der Waals surface area (Å²) in [6.45, 7) is 5.68. The van der Waals surface area contributed by atoms with Crippen molar-refractivity contribution in [2.75, 3.05) is 32.9 Å². The van der Waals surface area contributed by atoms with Crippen molar-refractivity contribution in [2.24, 2.45) is 0 Å². The lowest BCUT2D eigenvalue weighted by Gasteiger charge is -2.26. The number of hydrogen-bond donors (Lipinski definition) is 2. The molecule has 0 spiro atoms. The molecule has 2 aromatic rings. The second-order valence-electron chi connectivity index (χ2n) is 6.32. The third kappa shape index (κ3) is 5.96. The molecule has 0 saturated carbocycles. The van der Waals surface area contributed by atoms with Crippen LogP contribution >= 0.6 is 0 Å². The fourth-order valence-electron chi connectivity index (χ4n) is 2.95. The van der Waals surface area contributed by atoms with Crippen LogP contribution in [0.25, 0.3) is 6.08 Å². The van der Waals surface area contributed by atoms with Crippen molar-refractivity contribution in [3.05, 3.63) is 59.9 Å². The Balaban J connectivity index is 1.46. The molecule has 1 aromatic carbocycles. The zero-order chi connectivity index (χ0) is 18.9. The molecule has 2 heterocycles. The van der Waals surface area contributed by atoms with Gasteiger partial charge in [-0.05, 0) is 35.9 Å². The maximum absolute atomic E-state index is 11.1. The lowest BCUT2D eigenvalue weighted by Crippen LogP contribution is -2.35. The van der Waals surface area contributed by atoms with Crippen molar-refractivity contribution in [1.29, 1.82) is 0 Å². The molecule has 7 heteroatoms. The normalized spacial score (nSPS) is 15.1. The molecular formula is C20H25N3O4. The molecule has 144 valence electrons. The third-order valence-electron chi connectivity index (χ3n) is 4.41. The van der Waals surface area contributed by atoms with Crippen LogP contribution in [0.15, 0.2) is 48.7 Å². The molecule has 0 atom stereocenters. The van der Waals surface area contributed by atoms with Crippen molar-refractivity contribution in [2.45, 2.75) is 13.1 Å². The monoisotopic (exact) mass is 371 g/mol. The van der Waals surface area contributed by atoms with Gasteiger partial charge in [0.1, 0.15) is 12.4 Å². The Hall–Kier alpha value is -2.61. The highest BCUT2D eigenvalue weighted by Crippen LogP contribution is 2.15. The number of nitrogens with zero attached hydrogens (tertiary/aromatic N) is 2. The number of hydroxylamine groups is 1. The summed E-state index contributed by atoms with van der Waals surface area (Å²) >= 11 is 0. The highest BCUT2D eigenvalue weighted by atomic mass is 16.5. The second kappa shape index (κ2) is 9.91. The van der Waals surface area contributed by atoms with E-state index in [0.29, 0.717) is 13.2 Å². The van der Waals surface area contributed by atoms with E-state index in [1.165, 1.54) is 11.6 Å². The van der Waals surface area contributed by atoms with Gasteiger partial charge in [-0.15, -0.1) is 0 Å². The first-order valence-corrected chi connectivity index (χ1v) is 9.04.